The van der Waals surface area contributed by atoms with Crippen molar-refractivity contribution in [3.05, 3.63) is 52.7 Å². The van der Waals surface area contributed by atoms with Gasteiger partial charge in [0, 0.05) is 12.3 Å². The second-order valence-corrected chi connectivity index (χ2v) is 4.35. The molecule has 0 aliphatic carbocycles. The number of carbonyl (C=O) groups excluding carboxylic acids is 1. The maximum absolute atomic E-state index is 11.4. The Kier molecular flexibility index (Phi) is 4.73. The maximum atomic E-state index is 11.4. The van der Waals surface area contributed by atoms with Gasteiger partial charge in [0.15, 0.2) is 0 Å². The summed E-state index contributed by atoms with van der Waals surface area (Å²) in [5, 5.41) is 3.79. The van der Waals surface area contributed by atoms with Gasteiger partial charge in [-0.3, -0.25) is 0 Å². The highest BCUT2D eigenvalue weighted by Gasteiger charge is 2.09. The maximum Gasteiger partial charge on any atom is 0.338 e. The fourth-order valence-electron chi connectivity index (χ4n) is 1.59. The van der Waals surface area contributed by atoms with E-state index in [2.05, 4.69) is 14.8 Å². The molecule has 2 aromatic rings. The molecule has 1 aromatic heterocycles. The van der Waals surface area contributed by atoms with Gasteiger partial charge in [-0.05, 0) is 29.8 Å². The molecular weight excluding hydrogens is 294 g/mol. The third-order valence-corrected chi connectivity index (χ3v) is 2.85. The zero-order valence-electron chi connectivity index (χ0n) is 11.1. The summed E-state index contributed by atoms with van der Waals surface area (Å²) in [4.78, 5) is 15.5. The molecule has 2 rings (SSSR count). The van der Waals surface area contributed by atoms with Crippen LogP contribution in [-0.4, -0.2) is 24.3 Å². The van der Waals surface area contributed by atoms with Gasteiger partial charge in [0.1, 0.15) is 5.75 Å². The summed E-state index contributed by atoms with van der Waals surface area (Å²) in [6.45, 7) is 0. The number of hydrogen-bond donors (Lipinski definition) is 1. The zero-order valence-corrected chi connectivity index (χ0v) is 11.9. The molecule has 108 valence electrons. The average molecular weight is 306 g/mol. The topological polar surface area (TPSA) is 86.8 Å². The van der Waals surface area contributed by atoms with E-state index in [0.29, 0.717) is 16.3 Å². The van der Waals surface area contributed by atoms with Crippen molar-refractivity contribution in [2.75, 3.05) is 7.11 Å². The Bertz CT molecular complexity index is 689. The summed E-state index contributed by atoms with van der Waals surface area (Å²) in [7, 11) is 1.30. The van der Waals surface area contributed by atoms with Crippen LogP contribution in [-0.2, 0) is 4.74 Å². The van der Waals surface area contributed by atoms with Crippen LogP contribution in [0.25, 0.3) is 0 Å². The number of rotatable bonds is 4. The number of benzene rings is 1. The van der Waals surface area contributed by atoms with E-state index in [9.17, 15) is 4.79 Å². The van der Waals surface area contributed by atoms with Gasteiger partial charge < -0.3 is 15.3 Å². The molecule has 0 atom stereocenters. The summed E-state index contributed by atoms with van der Waals surface area (Å²) >= 11 is 6.10. The predicted octanol–water partition coefficient (Wildman–Crippen LogP) is 2.61. The lowest BCUT2D eigenvalue weighted by atomic mass is 10.2. The van der Waals surface area contributed by atoms with Crippen molar-refractivity contribution in [2.45, 2.75) is 0 Å². The van der Waals surface area contributed by atoms with E-state index < -0.39 is 5.97 Å². The van der Waals surface area contributed by atoms with Crippen molar-refractivity contribution < 1.29 is 14.3 Å². The van der Waals surface area contributed by atoms with Gasteiger partial charge in [0.2, 0.25) is 5.88 Å². The molecule has 0 saturated carbocycles. The number of carbonyl (C=O) groups is 1. The van der Waals surface area contributed by atoms with Crippen molar-refractivity contribution in [3.63, 3.8) is 0 Å². The number of pyridine rings is 1. The van der Waals surface area contributed by atoms with Gasteiger partial charge >= 0.3 is 5.97 Å². The number of nitrogens with two attached hydrogens (primary N) is 1. The van der Waals surface area contributed by atoms with Crippen molar-refractivity contribution in [1.29, 1.82) is 0 Å². The number of methoxy groups -OCH3 is 1. The molecule has 1 aromatic carbocycles. The first-order chi connectivity index (χ1) is 10.1. The van der Waals surface area contributed by atoms with Crippen LogP contribution in [0.4, 0.5) is 0 Å². The third kappa shape index (κ3) is 3.70. The molecule has 0 fully saturated rings. The first-order valence-corrected chi connectivity index (χ1v) is 6.27. The molecule has 21 heavy (non-hydrogen) atoms. The molecule has 1 heterocycles. The van der Waals surface area contributed by atoms with Crippen LogP contribution in [0.15, 0.2) is 41.6 Å². The lowest BCUT2D eigenvalue weighted by Gasteiger charge is -2.08. The predicted molar refractivity (Wildman–Crippen MR) is 78.9 cm³/mol. The number of hydrazone groups is 1. The number of halogens is 1. The molecule has 0 saturated heterocycles. The second kappa shape index (κ2) is 6.71. The van der Waals surface area contributed by atoms with Crippen LogP contribution in [0.3, 0.4) is 0 Å². The van der Waals surface area contributed by atoms with Crippen LogP contribution in [0.1, 0.15) is 15.9 Å². The normalized spacial score (nSPS) is 10.6. The van der Waals surface area contributed by atoms with Gasteiger partial charge in [-0.15, -0.1) is 0 Å². The Morgan fingerprint density at radius 3 is 2.86 bits per heavy atom. The highest BCUT2D eigenvalue weighted by molar-refractivity contribution is 6.32. The van der Waals surface area contributed by atoms with Crippen LogP contribution in [0.5, 0.6) is 11.6 Å². The van der Waals surface area contributed by atoms with Gasteiger partial charge in [0.05, 0.1) is 23.9 Å². The van der Waals surface area contributed by atoms with Crippen LogP contribution >= 0.6 is 11.6 Å². The van der Waals surface area contributed by atoms with Crippen molar-refractivity contribution >= 4 is 23.8 Å². The third-order valence-electron chi connectivity index (χ3n) is 2.55. The Morgan fingerprint density at radius 2 is 2.19 bits per heavy atom. The molecule has 7 heteroatoms. The quantitative estimate of drug-likeness (QED) is 0.406. The lowest BCUT2D eigenvalue weighted by Crippen LogP contribution is -2.01. The van der Waals surface area contributed by atoms with Crippen LogP contribution in [0, 0.1) is 0 Å². The fourth-order valence-corrected chi connectivity index (χ4v) is 1.82. The number of esters is 1. The number of aromatic nitrogens is 1. The summed E-state index contributed by atoms with van der Waals surface area (Å²) in [5.41, 5.74) is 1.08. The minimum Gasteiger partial charge on any atom is -0.465 e. The zero-order chi connectivity index (χ0) is 15.2. The van der Waals surface area contributed by atoms with Gasteiger partial charge in [0.25, 0.3) is 0 Å². The molecule has 0 unspecified atom stereocenters. The SMILES string of the molecule is COC(=O)c1ccnc(Oc2ccc(C=NN)cc2Cl)c1. The molecule has 0 aliphatic rings. The largest absolute Gasteiger partial charge is 0.465 e. The first kappa shape index (κ1) is 14.8. The minimum atomic E-state index is -0.470. The fraction of sp³-hybridized carbons (Fsp3) is 0.0714. The first-order valence-electron chi connectivity index (χ1n) is 5.89. The van der Waals surface area contributed by atoms with E-state index in [-0.39, 0.29) is 5.88 Å². The van der Waals surface area contributed by atoms with E-state index in [4.69, 9.17) is 22.2 Å². The monoisotopic (exact) mass is 305 g/mol. The number of nitrogens with zero attached hydrogens (tertiary/aromatic N) is 2. The molecule has 0 radical (unpaired) electrons. The molecule has 6 nitrogen and oxygen atoms in total. The van der Waals surface area contributed by atoms with Crippen LogP contribution in [0.2, 0.25) is 5.02 Å². The Balaban J connectivity index is 2.24. The number of hydrogen-bond acceptors (Lipinski definition) is 6. The van der Waals surface area contributed by atoms with Crippen molar-refractivity contribution in [2.24, 2.45) is 10.9 Å². The standard InChI is InChI=1S/C14H12ClN3O3/c1-20-14(19)10-4-5-17-13(7-10)21-12-3-2-9(8-18-16)6-11(12)15/h2-8H,16H2,1H3. The number of ether oxygens (including phenoxy) is 2. The Labute approximate surface area is 126 Å². The smallest absolute Gasteiger partial charge is 0.338 e. The Morgan fingerprint density at radius 1 is 1.38 bits per heavy atom. The Hall–Kier alpha value is -2.60. The summed E-state index contributed by atoms with van der Waals surface area (Å²) < 4.78 is 10.2. The van der Waals surface area contributed by atoms with E-state index in [1.807, 2.05) is 0 Å². The molecular formula is C14H12ClN3O3. The average Bonchev–Trinajstić information content (AvgIpc) is 2.50. The van der Waals surface area contributed by atoms with E-state index in [1.54, 1.807) is 18.2 Å². The highest BCUT2D eigenvalue weighted by Crippen LogP contribution is 2.29. The van der Waals surface area contributed by atoms with E-state index >= 15 is 0 Å². The summed E-state index contributed by atoms with van der Waals surface area (Å²) in [5.74, 6) is 5.24. The summed E-state index contributed by atoms with van der Waals surface area (Å²) in [6, 6.07) is 8.05. The van der Waals surface area contributed by atoms with Gasteiger partial charge in [-0.2, -0.15) is 5.10 Å². The second-order valence-electron chi connectivity index (χ2n) is 3.94. The van der Waals surface area contributed by atoms with Gasteiger partial charge in [-0.1, -0.05) is 11.6 Å². The van der Waals surface area contributed by atoms with Crippen molar-refractivity contribution in [1.82, 2.24) is 4.98 Å². The molecule has 0 spiro atoms. The lowest BCUT2D eigenvalue weighted by molar-refractivity contribution is 0.0600. The molecule has 0 amide bonds. The molecule has 2 N–H and O–H groups in total. The van der Waals surface area contributed by atoms with Gasteiger partial charge in [-0.25, -0.2) is 9.78 Å². The molecule has 0 bridgehead atoms. The minimum absolute atomic E-state index is 0.236. The van der Waals surface area contributed by atoms with Crippen LogP contribution < -0.4 is 10.6 Å². The van der Waals surface area contributed by atoms with Crippen molar-refractivity contribution in [3.8, 4) is 11.6 Å². The van der Waals surface area contributed by atoms with E-state index in [0.717, 1.165) is 5.56 Å². The summed E-state index contributed by atoms with van der Waals surface area (Å²) in [6.07, 6.45) is 2.91. The highest BCUT2D eigenvalue weighted by atomic mass is 35.5. The van der Waals surface area contributed by atoms with E-state index in [1.165, 1.54) is 31.7 Å². The molecule has 0 aliphatic heterocycles.